The Morgan fingerprint density at radius 1 is 1.10 bits per heavy atom. The van der Waals surface area contributed by atoms with Gasteiger partial charge in [0.1, 0.15) is 0 Å². The lowest BCUT2D eigenvalue weighted by Gasteiger charge is -2.01. The van der Waals surface area contributed by atoms with Crippen LogP contribution in [0.15, 0.2) is 0 Å². The molecule has 1 unspecified atom stereocenters. The molecule has 0 aliphatic rings. The van der Waals surface area contributed by atoms with Crippen molar-refractivity contribution in [2.24, 2.45) is 0 Å². The Hall–Kier alpha value is 0.350. The SMILES string of the molecule is CCCCCCCC(C)[S]. The molecule has 0 bridgehead atoms. The molecular formula is C9H19S. The maximum absolute atomic E-state index is 5.06. The molecule has 1 atom stereocenters. The summed E-state index contributed by atoms with van der Waals surface area (Å²) in [5.41, 5.74) is 0. The molecule has 1 heteroatoms. The fourth-order valence-corrected chi connectivity index (χ4v) is 1.20. The van der Waals surface area contributed by atoms with Crippen LogP contribution in [0.2, 0.25) is 0 Å². The predicted octanol–water partition coefficient (Wildman–Crippen LogP) is 3.93. The molecule has 0 spiro atoms. The van der Waals surface area contributed by atoms with Crippen molar-refractivity contribution < 1.29 is 0 Å². The van der Waals surface area contributed by atoms with E-state index >= 15 is 0 Å². The topological polar surface area (TPSA) is 0 Å². The first-order chi connectivity index (χ1) is 4.77. The lowest BCUT2D eigenvalue weighted by molar-refractivity contribution is 0.607. The van der Waals surface area contributed by atoms with E-state index in [4.69, 9.17) is 12.6 Å². The molecule has 0 aliphatic carbocycles. The fourth-order valence-electron chi connectivity index (χ4n) is 1.04. The normalized spacial score (nSPS) is 13.5. The van der Waals surface area contributed by atoms with E-state index in [1.54, 1.807) is 0 Å². The van der Waals surface area contributed by atoms with Gasteiger partial charge in [0.15, 0.2) is 0 Å². The molecule has 0 aromatic rings. The van der Waals surface area contributed by atoms with Gasteiger partial charge >= 0.3 is 0 Å². The standard InChI is InChI=1S/C9H19S/c1-3-4-5-6-7-8-9(2)10/h9H,3-8H2,1-2H3. The van der Waals surface area contributed by atoms with Crippen LogP contribution in [0.1, 0.15) is 52.4 Å². The van der Waals surface area contributed by atoms with Gasteiger partial charge in [0, 0.05) is 5.25 Å². The van der Waals surface area contributed by atoms with Crippen LogP contribution >= 0.6 is 12.6 Å². The highest BCUT2D eigenvalue weighted by Crippen LogP contribution is 2.09. The summed E-state index contributed by atoms with van der Waals surface area (Å²) in [6, 6.07) is 0. The van der Waals surface area contributed by atoms with Gasteiger partial charge in [-0.2, -0.15) is 0 Å². The highest BCUT2D eigenvalue weighted by molar-refractivity contribution is 7.80. The maximum Gasteiger partial charge on any atom is 0.0123 e. The Morgan fingerprint density at radius 2 is 1.70 bits per heavy atom. The molecule has 0 saturated carbocycles. The summed E-state index contributed by atoms with van der Waals surface area (Å²) in [4.78, 5) is 0. The fraction of sp³-hybridized carbons (Fsp3) is 1.00. The summed E-state index contributed by atoms with van der Waals surface area (Å²) in [6.07, 6.45) is 8.09. The van der Waals surface area contributed by atoms with Crippen LogP contribution in [-0.4, -0.2) is 5.25 Å². The quantitative estimate of drug-likeness (QED) is 0.515. The Labute approximate surface area is 70.8 Å². The molecule has 0 nitrogen and oxygen atoms in total. The second kappa shape index (κ2) is 7.46. The molecule has 0 aliphatic heterocycles. The zero-order chi connectivity index (χ0) is 7.82. The van der Waals surface area contributed by atoms with Crippen molar-refractivity contribution >= 4 is 12.6 Å². The van der Waals surface area contributed by atoms with Crippen LogP contribution in [0.25, 0.3) is 0 Å². The summed E-state index contributed by atoms with van der Waals surface area (Å²) >= 11 is 5.06. The number of hydrogen-bond donors (Lipinski definition) is 0. The largest absolute Gasteiger partial charge is 0.0907 e. The van der Waals surface area contributed by atoms with Gasteiger partial charge in [-0.05, 0) is 6.42 Å². The molecule has 1 radical (unpaired) electrons. The summed E-state index contributed by atoms with van der Waals surface area (Å²) in [5, 5.41) is 0.488. The minimum absolute atomic E-state index is 0.488. The zero-order valence-electron chi connectivity index (χ0n) is 7.23. The van der Waals surface area contributed by atoms with Gasteiger partial charge in [0.05, 0.1) is 0 Å². The van der Waals surface area contributed by atoms with Crippen molar-refractivity contribution in [1.82, 2.24) is 0 Å². The molecule has 0 fully saturated rings. The highest BCUT2D eigenvalue weighted by atomic mass is 32.1. The van der Waals surface area contributed by atoms with E-state index < -0.39 is 0 Å². The maximum atomic E-state index is 5.06. The zero-order valence-corrected chi connectivity index (χ0v) is 8.04. The summed E-state index contributed by atoms with van der Waals surface area (Å²) in [7, 11) is 0. The Balaban J connectivity index is 2.77. The average Bonchev–Trinajstić information content (AvgIpc) is 1.87. The van der Waals surface area contributed by atoms with E-state index in [0.29, 0.717) is 5.25 Å². The van der Waals surface area contributed by atoms with Crippen molar-refractivity contribution in [3.05, 3.63) is 0 Å². The molecule has 0 heterocycles. The Morgan fingerprint density at radius 3 is 2.20 bits per heavy atom. The number of unbranched alkanes of at least 4 members (excludes halogenated alkanes) is 4. The van der Waals surface area contributed by atoms with Crippen molar-refractivity contribution in [1.29, 1.82) is 0 Å². The first-order valence-electron chi connectivity index (χ1n) is 4.43. The van der Waals surface area contributed by atoms with E-state index in [1.807, 2.05) is 0 Å². The number of rotatable bonds is 6. The molecule has 10 heavy (non-hydrogen) atoms. The predicted molar refractivity (Wildman–Crippen MR) is 50.4 cm³/mol. The summed E-state index contributed by atoms with van der Waals surface area (Å²) < 4.78 is 0. The number of hydrogen-bond acceptors (Lipinski definition) is 0. The first-order valence-corrected chi connectivity index (χ1v) is 4.90. The minimum Gasteiger partial charge on any atom is -0.0907 e. The molecule has 0 saturated heterocycles. The van der Waals surface area contributed by atoms with Crippen molar-refractivity contribution in [2.75, 3.05) is 0 Å². The molecule has 0 rings (SSSR count). The van der Waals surface area contributed by atoms with Crippen molar-refractivity contribution in [3.8, 4) is 0 Å². The monoisotopic (exact) mass is 159 g/mol. The van der Waals surface area contributed by atoms with E-state index in [1.165, 1.54) is 38.5 Å². The van der Waals surface area contributed by atoms with Crippen LogP contribution < -0.4 is 0 Å². The molecule has 0 amide bonds. The van der Waals surface area contributed by atoms with Crippen LogP contribution in [0, 0.1) is 0 Å². The molecule has 0 N–H and O–H groups in total. The van der Waals surface area contributed by atoms with Gasteiger partial charge in [0.2, 0.25) is 0 Å². The third-order valence-corrected chi connectivity index (χ3v) is 1.95. The molecule has 61 valence electrons. The van der Waals surface area contributed by atoms with E-state index in [-0.39, 0.29) is 0 Å². The molecule has 0 aromatic heterocycles. The summed E-state index contributed by atoms with van der Waals surface area (Å²) in [5.74, 6) is 0. The van der Waals surface area contributed by atoms with Crippen LogP contribution in [0.4, 0.5) is 0 Å². The minimum atomic E-state index is 0.488. The lowest BCUT2D eigenvalue weighted by Crippen LogP contribution is -1.89. The smallest absolute Gasteiger partial charge is 0.0123 e. The molecular weight excluding hydrogens is 140 g/mol. The van der Waals surface area contributed by atoms with Gasteiger partial charge in [-0.1, -0.05) is 58.6 Å². The van der Waals surface area contributed by atoms with Crippen LogP contribution in [-0.2, 0) is 0 Å². The summed E-state index contributed by atoms with van der Waals surface area (Å²) in [6.45, 7) is 4.37. The second-order valence-corrected chi connectivity index (χ2v) is 3.82. The van der Waals surface area contributed by atoms with E-state index in [2.05, 4.69) is 13.8 Å². The molecule has 0 aromatic carbocycles. The Bertz CT molecular complexity index is 59.7. The van der Waals surface area contributed by atoms with Gasteiger partial charge in [0.25, 0.3) is 0 Å². The third kappa shape index (κ3) is 8.35. The Kier molecular flexibility index (Phi) is 7.72. The van der Waals surface area contributed by atoms with Gasteiger partial charge in [-0.3, -0.25) is 0 Å². The van der Waals surface area contributed by atoms with Gasteiger partial charge in [-0.15, -0.1) is 0 Å². The third-order valence-electron chi connectivity index (χ3n) is 1.71. The lowest BCUT2D eigenvalue weighted by atomic mass is 10.1. The van der Waals surface area contributed by atoms with Gasteiger partial charge < -0.3 is 0 Å². The van der Waals surface area contributed by atoms with E-state index in [0.717, 1.165) is 0 Å². The average molecular weight is 159 g/mol. The van der Waals surface area contributed by atoms with Crippen molar-refractivity contribution in [2.45, 2.75) is 57.6 Å². The van der Waals surface area contributed by atoms with Crippen molar-refractivity contribution in [3.63, 3.8) is 0 Å². The van der Waals surface area contributed by atoms with Gasteiger partial charge in [-0.25, -0.2) is 0 Å². The highest BCUT2D eigenvalue weighted by Gasteiger charge is 1.94. The van der Waals surface area contributed by atoms with Crippen LogP contribution in [0.3, 0.4) is 0 Å². The first kappa shape index (κ1) is 10.3. The van der Waals surface area contributed by atoms with Crippen LogP contribution in [0.5, 0.6) is 0 Å². The van der Waals surface area contributed by atoms with E-state index in [9.17, 15) is 0 Å². The second-order valence-electron chi connectivity index (χ2n) is 3.01.